The van der Waals surface area contributed by atoms with Crippen molar-refractivity contribution in [1.29, 1.82) is 0 Å². The molecule has 0 amide bonds. The lowest BCUT2D eigenvalue weighted by molar-refractivity contribution is -0.171. The molecule has 1 aliphatic carbocycles. The lowest BCUT2D eigenvalue weighted by Gasteiger charge is -2.34. The van der Waals surface area contributed by atoms with E-state index in [0.717, 1.165) is 51.4 Å². The van der Waals surface area contributed by atoms with Gasteiger partial charge in [-0.25, -0.2) is 4.39 Å². The summed E-state index contributed by atoms with van der Waals surface area (Å²) in [6.07, 6.45) is 10.3. The molecule has 0 aromatic rings. The highest BCUT2D eigenvalue weighted by Crippen LogP contribution is 2.51. The molecule has 4 atom stereocenters. The maximum Gasteiger partial charge on any atom is 0.307 e. The summed E-state index contributed by atoms with van der Waals surface area (Å²) in [4.78, 5) is 12.0. The number of unbranched alkanes of at least 4 members (excludes halogenated alkanes) is 1. The summed E-state index contributed by atoms with van der Waals surface area (Å²) in [5.41, 5.74) is -1.97. The van der Waals surface area contributed by atoms with Gasteiger partial charge in [-0.2, -0.15) is 0 Å². The SMILES string of the molecule is CCCC[C@](C)(F)CC=C(OC1CCCCO1)[C@@]12CCC[C@H]1CC(=O)O2. The van der Waals surface area contributed by atoms with Crippen molar-refractivity contribution in [2.45, 2.75) is 102 Å². The molecule has 5 heteroatoms. The van der Waals surface area contributed by atoms with Crippen LogP contribution < -0.4 is 0 Å². The minimum Gasteiger partial charge on any atom is -0.465 e. The number of hydrogen-bond acceptors (Lipinski definition) is 4. The van der Waals surface area contributed by atoms with Crippen LogP contribution in [0.1, 0.15) is 84.5 Å². The summed E-state index contributed by atoms with van der Waals surface area (Å²) in [7, 11) is 0. The Morgan fingerprint density at radius 3 is 2.96 bits per heavy atom. The van der Waals surface area contributed by atoms with Crippen LogP contribution in [0.3, 0.4) is 0 Å². The number of halogens is 1. The van der Waals surface area contributed by atoms with Gasteiger partial charge in [0, 0.05) is 18.8 Å². The topological polar surface area (TPSA) is 44.8 Å². The minimum absolute atomic E-state index is 0.145. The maximum atomic E-state index is 14.9. The molecule has 3 rings (SSSR count). The Morgan fingerprint density at radius 1 is 1.38 bits per heavy atom. The molecule has 0 spiro atoms. The highest BCUT2D eigenvalue weighted by molar-refractivity contribution is 5.74. The fourth-order valence-corrected chi connectivity index (χ4v) is 4.49. The standard InChI is InChI=1S/C21H33FO4/c1-3-4-11-20(2,22)13-10-17(25-19-9-5-6-14-24-19)21-12-7-8-16(21)15-18(23)26-21/h10,16,19H,3-9,11-15H2,1-2H3/t16-,19?,20-,21+/m0/s1. The van der Waals surface area contributed by atoms with Crippen molar-refractivity contribution in [3.05, 3.63) is 11.8 Å². The number of carbonyl (C=O) groups is 1. The Hall–Kier alpha value is -1.10. The quantitative estimate of drug-likeness (QED) is 0.436. The first-order valence-electron chi connectivity index (χ1n) is 10.3. The minimum atomic E-state index is -1.27. The summed E-state index contributed by atoms with van der Waals surface area (Å²) in [6.45, 7) is 4.41. The van der Waals surface area contributed by atoms with E-state index in [1.807, 2.05) is 6.08 Å². The van der Waals surface area contributed by atoms with Crippen LogP contribution >= 0.6 is 0 Å². The predicted octanol–water partition coefficient (Wildman–Crippen LogP) is 5.21. The van der Waals surface area contributed by atoms with Gasteiger partial charge in [0.05, 0.1) is 13.0 Å². The molecule has 3 fully saturated rings. The van der Waals surface area contributed by atoms with Crippen LogP contribution in [-0.2, 0) is 19.0 Å². The zero-order chi connectivity index (χ0) is 18.6. The van der Waals surface area contributed by atoms with E-state index in [4.69, 9.17) is 14.2 Å². The summed E-state index contributed by atoms with van der Waals surface area (Å²) in [5.74, 6) is 0.618. The van der Waals surface area contributed by atoms with Crippen molar-refractivity contribution in [3.63, 3.8) is 0 Å². The van der Waals surface area contributed by atoms with Gasteiger partial charge in [0.2, 0.25) is 0 Å². The molecule has 1 unspecified atom stereocenters. The van der Waals surface area contributed by atoms with Gasteiger partial charge < -0.3 is 14.2 Å². The van der Waals surface area contributed by atoms with Crippen LogP contribution in [0, 0.1) is 5.92 Å². The molecule has 148 valence electrons. The first kappa shape index (κ1) is 19.7. The zero-order valence-electron chi connectivity index (χ0n) is 16.2. The molecule has 0 radical (unpaired) electrons. The molecule has 2 aliphatic heterocycles. The average Bonchev–Trinajstić information content (AvgIpc) is 3.14. The number of carbonyl (C=O) groups excluding carboxylic acids is 1. The van der Waals surface area contributed by atoms with E-state index in [9.17, 15) is 9.18 Å². The van der Waals surface area contributed by atoms with Gasteiger partial charge in [-0.15, -0.1) is 0 Å². The largest absolute Gasteiger partial charge is 0.465 e. The number of esters is 1. The second-order valence-corrected chi connectivity index (χ2v) is 8.36. The molecule has 3 aliphatic rings. The molecule has 0 aromatic carbocycles. The molecular formula is C21H33FO4. The second-order valence-electron chi connectivity index (χ2n) is 8.36. The van der Waals surface area contributed by atoms with Crippen LogP contribution in [0.5, 0.6) is 0 Å². The van der Waals surface area contributed by atoms with Crippen LogP contribution in [-0.4, -0.2) is 30.1 Å². The molecule has 2 saturated heterocycles. The van der Waals surface area contributed by atoms with Gasteiger partial charge in [0.1, 0.15) is 11.4 Å². The lowest BCUT2D eigenvalue weighted by atomic mass is 9.87. The van der Waals surface area contributed by atoms with Crippen molar-refractivity contribution in [3.8, 4) is 0 Å². The first-order chi connectivity index (χ1) is 12.5. The van der Waals surface area contributed by atoms with Crippen molar-refractivity contribution in [2.24, 2.45) is 5.92 Å². The third-order valence-corrected chi connectivity index (χ3v) is 6.05. The van der Waals surface area contributed by atoms with Crippen LogP contribution in [0.4, 0.5) is 4.39 Å². The van der Waals surface area contributed by atoms with E-state index in [1.165, 1.54) is 0 Å². The summed E-state index contributed by atoms with van der Waals surface area (Å²) < 4.78 is 32.7. The molecular weight excluding hydrogens is 335 g/mol. The number of hydrogen-bond donors (Lipinski definition) is 0. The van der Waals surface area contributed by atoms with E-state index in [-0.39, 0.29) is 24.6 Å². The lowest BCUT2D eigenvalue weighted by Crippen LogP contribution is -2.38. The third-order valence-electron chi connectivity index (χ3n) is 6.05. The number of allylic oxidation sites excluding steroid dienone is 1. The Labute approximate surface area is 156 Å². The fourth-order valence-electron chi connectivity index (χ4n) is 4.49. The summed E-state index contributed by atoms with van der Waals surface area (Å²) in [5, 5.41) is 0. The Bertz CT molecular complexity index is 524. The smallest absolute Gasteiger partial charge is 0.307 e. The van der Waals surface area contributed by atoms with E-state index in [0.29, 0.717) is 25.2 Å². The van der Waals surface area contributed by atoms with Gasteiger partial charge in [0.15, 0.2) is 11.9 Å². The summed E-state index contributed by atoms with van der Waals surface area (Å²) in [6, 6.07) is 0. The molecule has 26 heavy (non-hydrogen) atoms. The van der Waals surface area contributed by atoms with E-state index >= 15 is 0 Å². The van der Waals surface area contributed by atoms with Crippen molar-refractivity contribution in [1.82, 2.24) is 0 Å². The van der Waals surface area contributed by atoms with Gasteiger partial charge in [-0.3, -0.25) is 4.79 Å². The van der Waals surface area contributed by atoms with Gasteiger partial charge >= 0.3 is 5.97 Å². The van der Waals surface area contributed by atoms with Crippen LogP contribution in [0.15, 0.2) is 11.8 Å². The van der Waals surface area contributed by atoms with E-state index in [2.05, 4.69) is 6.92 Å². The van der Waals surface area contributed by atoms with Crippen LogP contribution in [0.2, 0.25) is 0 Å². The monoisotopic (exact) mass is 368 g/mol. The van der Waals surface area contributed by atoms with Crippen molar-refractivity contribution >= 4 is 5.97 Å². The van der Waals surface area contributed by atoms with Crippen molar-refractivity contribution < 1.29 is 23.4 Å². The Morgan fingerprint density at radius 2 is 2.23 bits per heavy atom. The van der Waals surface area contributed by atoms with Gasteiger partial charge in [0.25, 0.3) is 0 Å². The molecule has 0 N–H and O–H groups in total. The molecule has 2 heterocycles. The maximum absolute atomic E-state index is 14.9. The van der Waals surface area contributed by atoms with E-state index in [1.54, 1.807) is 6.92 Å². The highest BCUT2D eigenvalue weighted by atomic mass is 19.1. The Balaban J connectivity index is 1.79. The zero-order valence-corrected chi connectivity index (χ0v) is 16.2. The van der Waals surface area contributed by atoms with Gasteiger partial charge in [-0.05, 0) is 51.5 Å². The third kappa shape index (κ3) is 4.41. The molecule has 0 bridgehead atoms. The first-order valence-corrected chi connectivity index (χ1v) is 10.3. The normalized spacial score (nSPS) is 34.3. The number of fused-ring (bicyclic) bond motifs is 1. The molecule has 0 aromatic heterocycles. The van der Waals surface area contributed by atoms with Crippen molar-refractivity contribution in [2.75, 3.05) is 6.61 Å². The highest BCUT2D eigenvalue weighted by Gasteiger charge is 2.56. The molecule has 4 nitrogen and oxygen atoms in total. The van der Waals surface area contributed by atoms with Crippen LogP contribution in [0.25, 0.3) is 0 Å². The number of alkyl halides is 1. The Kier molecular flexibility index (Phi) is 6.26. The second kappa shape index (κ2) is 8.28. The predicted molar refractivity (Wildman–Crippen MR) is 97.2 cm³/mol. The van der Waals surface area contributed by atoms with E-state index < -0.39 is 11.3 Å². The molecule has 1 saturated carbocycles. The fraction of sp³-hybridized carbons (Fsp3) is 0.857. The number of ether oxygens (including phenoxy) is 3. The average molecular weight is 368 g/mol. The van der Waals surface area contributed by atoms with Gasteiger partial charge in [-0.1, -0.05) is 19.8 Å². The summed E-state index contributed by atoms with van der Waals surface area (Å²) >= 11 is 0. The number of rotatable bonds is 8.